The highest BCUT2D eigenvalue weighted by molar-refractivity contribution is 9.10. The van der Waals surface area contributed by atoms with Gasteiger partial charge in [-0.25, -0.2) is 0 Å². The van der Waals surface area contributed by atoms with Crippen molar-refractivity contribution in [2.45, 2.75) is 24.9 Å². The van der Waals surface area contributed by atoms with Crippen molar-refractivity contribution in [3.63, 3.8) is 0 Å². The largest absolute Gasteiger partial charge is 0.496 e. The molecule has 4 heteroatoms. The molecule has 100 valence electrons. The summed E-state index contributed by atoms with van der Waals surface area (Å²) in [6, 6.07) is 5.94. The molecule has 1 aliphatic heterocycles. The molecule has 0 aromatic heterocycles. The first-order chi connectivity index (χ1) is 8.52. The van der Waals surface area contributed by atoms with E-state index >= 15 is 0 Å². The minimum atomic E-state index is -0.597. The third-order valence-electron chi connectivity index (χ3n) is 3.68. The maximum Gasteiger partial charge on any atom is 0.122 e. The molecule has 0 saturated carbocycles. The van der Waals surface area contributed by atoms with Crippen LogP contribution in [0.2, 0.25) is 0 Å². The predicted octanol–water partition coefficient (Wildman–Crippen LogP) is 2.46. The molecule has 2 rings (SSSR count). The van der Waals surface area contributed by atoms with Crippen LogP contribution >= 0.6 is 15.9 Å². The van der Waals surface area contributed by atoms with Crippen molar-refractivity contribution in [1.29, 1.82) is 0 Å². The van der Waals surface area contributed by atoms with Crippen LogP contribution < -0.4 is 4.74 Å². The Bertz CT molecular complexity index is 414. The number of nitrogens with zero attached hydrogens (tertiary/aromatic N) is 1. The Balaban J connectivity index is 2.15. The second kappa shape index (κ2) is 5.59. The summed E-state index contributed by atoms with van der Waals surface area (Å²) in [6.45, 7) is 1.90. The van der Waals surface area contributed by atoms with Gasteiger partial charge in [-0.1, -0.05) is 15.9 Å². The van der Waals surface area contributed by atoms with Crippen LogP contribution in [0.1, 0.15) is 18.4 Å². The Morgan fingerprint density at radius 1 is 1.39 bits per heavy atom. The molecule has 0 radical (unpaired) electrons. The molecule has 0 spiro atoms. The van der Waals surface area contributed by atoms with E-state index in [1.807, 2.05) is 18.2 Å². The van der Waals surface area contributed by atoms with E-state index in [9.17, 15) is 5.11 Å². The average Bonchev–Trinajstić information content (AvgIpc) is 2.34. The Hall–Kier alpha value is -0.580. The summed E-state index contributed by atoms with van der Waals surface area (Å²) in [7, 11) is 3.77. The number of aliphatic hydroxyl groups is 1. The van der Waals surface area contributed by atoms with E-state index in [1.165, 1.54) is 0 Å². The molecular weight excluding hydrogens is 294 g/mol. The number of likely N-dealkylation sites (tertiary alicyclic amines) is 1. The second-order valence-electron chi connectivity index (χ2n) is 5.16. The zero-order chi connectivity index (χ0) is 13.2. The maximum absolute atomic E-state index is 10.7. The van der Waals surface area contributed by atoms with Gasteiger partial charge in [0.05, 0.1) is 12.7 Å². The summed E-state index contributed by atoms with van der Waals surface area (Å²) in [5, 5.41) is 10.7. The number of ether oxygens (including phenoxy) is 1. The lowest BCUT2D eigenvalue weighted by molar-refractivity contribution is -0.0154. The lowest BCUT2D eigenvalue weighted by atomic mass is 9.85. The van der Waals surface area contributed by atoms with Gasteiger partial charge in [0, 0.05) is 24.0 Å². The molecule has 0 amide bonds. The number of benzene rings is 1. The molecule has 1 heterocycles. The third kappa shape index (κ3) is 3.25. The van der Waals surface area contributed by atoms with Crippen LogP contribution in [-0.4, -0.2) is 42.9 Å². The molecule has 0 unspecified atom stereocenters. The quantitative estimate of drug-likeness (QED) is 0.930. The summed E-state index contributed by atoms with van der Waals surface area (Å²) >= 11 is 3.47. The van der Waals surface area contributed by atoms with Crippen LogP contribution in [0.5, 0.6) is 5.75 Å². The van der Waals surface area contributed by atoms with Crippen molar-refractivity contribution < 1.29 is 9.84 Å². The zero-order valence-corrected chi connectivity index (χ0v) is 12.5. The van der Waals surface area contributed by atoms with Crippen LogP contribution in [-0.2, 0) is 6.42 Å². The molecule has 1 aromatic rings. The first kappa shape index (κ1) is 13.8. The van der Waals surface area contributed by atoms with Crippen LogP contribution in [0.3, 0.4) is 0 Å². The first-order valence-electron chi connectivity index (χ1n) is 6.26. The molecule has 0 atom stereocenters. The number of piperidine rings is 1. The number of hydrogen-bond acceptors (Lipinski definition) is 3. The van der Waals surface area contributed by atoms with Gasteiger partial charge in [-0.2, -0.15) is 0 Å². The fourth-order valence-corrected chi connectivity index (χ4v) is 2.86. The number of methoxy groups -OCH3 is 1. The molecule has 0 aliphatic carbocycles. The van der Waals surface area contributed by atoms with E-state index in [1.54, 1.807) is 7.11 Å². The summed E-state index contributed by atoms with van der Waals surface area (Å²) < 4.78 is 6.39. The molecule has 1 N–H and O–H groups in total. The summed E-state index contributed by atoms with van der Waals surface area (Å²) in [6.07, 6.45) is 2.29. The van der Waals surface area contributed by atoms with Gasteiger partial charge >= 0.3 is 0 Å². The predicted molar refractivity (Wildman–Crippen MR) is 76.1 cm³/mol. The van der Waals surface area contributed by atoms with Gasteiger partial charge in [-0.15, -0.1) is 0 Å². The van der Waals surface area contributed by atoms with Gasteiger partial charge in [-0.05, 0) is 43.7 Å². The van der Waals surface area contributed by atoms with Crippen molar-refractivity contribution in [2.75, 3.05) is 27.2 Å². The summed E-state index contributed by atoms with van der Waals surface area (Å²) in [4.78, 5) is 2.26. The Kier molecular flexibility index (Phi) is 4.30. The monoisotopic (exact) mass is 313 g/mol. The fourth-order valence-electron chi connectivity index (χ4n) is 2.45. The van der Waals surface area contributed by atoms with Gasteiger partial charge in [0.2, 0.25) is 0 Å². The molecule has 1 aromatic carbocycles. The van der Waals surface area contributed by atoms with E-state index in [0.29, 0.717) is 6.42 Å². The van der Waals surface area contributed by atoms with Crippen molar-refractivity contribution in [1.82, 2.24) is 4.90 Å². The lowest BCUT2D eigenvalue weighted by Crippen LogP contribution is -2.44. The molecule has 1 saturated heterocycles. The summed E-state index contributed by atoms with van der Waals surface area (Å²) in [5.41, 5.74) is 0.472. The van der Waals surface area contributed by atoms with Crippen molar-refractivity contribution >= 4 is 15.9 Å². The smallest absolute Gasteiger partial charge is 0.122 e. The Morgan fingerprint density at radius 3 is 2.67 bits per heavy atom. The van der Waals surface area contributed by atoms with Gasteiger partial charge < -0.3 is 14.7 Å². The molecule has 18 heavy (non-hydrogen) atoms. The fraction of sp³-hybridized carbons (Fsp3) is 0.571. The highest BCUT2D eigenvalue weighted by Crippen LogP contribution is 2.31. The highest BCUT2D eigenvalue weighted by Gasteiger charge is 2.32. The average molecular weight is 314 g/mol. The minimum Gasteiger partial charge on any atom is -0.496 e. The van der Waals surface area contributed by atoms with Crippen LogP contribution in [0.4, 0.5) is 0 Å². The van der Waals surface area contributed by atoms with E-state index in [4.69, 9.17) is 4.74 Å². The zero-order valence-electron chi connectivity index (χ0n) is 10.9. The van der Waals surface area contributed by atoms with Gasteiger partial charge in [0.15, 0.2) is 0 Å². The Morgan fingerprint density at radius 2 is 2.06 bits per heavy atom. The molecule has 1 aliphatic rings. The summed E-state index contributed by atoms with van der Waals surface area (Å²) in [5.74, 6) is 0.852. The second-order valence-corrected chi connectivity index (χ2v) is 6.08. The topological polar surface area (TPSA) is 32.7 Å². The van der Waals surface area contributed by atoms with Crippen molar-refractivity contribution in [3.05, 3.63) is 28.2 Å². The molecule has 3 nitrogen and oxygen atoms in total. The number of rotatable bonds is 3. The van der Waals surface area contributed by atoms with Gasteiger partial charge in [-0.3, -0.25) is 0 Å². The lowest BCUT2D eigenvalue weighted by Gasteiger charge is -2.36. The van der Waals surface area contributed by atoms with Crippen LogP contribution in [0.25, 0.3) is 0 Å². The van der Waals surface area contributed by atoms with E-state index in [0.717, 1.165) is 41.7 Å². The van der Waals surface area contributed by atoms with E-state index < -0.39 is 5.60 Å². The highest BCUT2D eigenvalue weighted by atomic mass is 79.9. The SMILES string of the molecule is COc1ccc(Br)cc1CC1(O)CCN(C)CC1. The molecular formula is C14H20BrNO2. The van der Waals surface area contributed by atoms with E-state index in [2.05, 4.69) is 27.9 Å². The van der Waals surface area contributed by atoms with Crippen molar-refractivity contribution in [2.24, 2.45) is 0 Å². The minimum absolute atomic E-state index is 0.597. The van der Waals surface area contributed by atoms with Crippen LogP contribution in [0.15, 0.2) is 22.7 Å². The number of hydrogen-bond donors (Lipinski definition) is 1. The van der Waals surface area contributed by atoms with Gasteiger partial charge in [0.1, 0.15) is 5.75 Å². The van der Waals surface area contributed by atoms with Crippen molar-refractivity contribution in [3.8, 4) is 5.75 Å². The van der Waals surface area contributed by atoms with E-state index in [-0.39, 0.29) is 0 Å². The van der Waals surface area contributed by atoms with Gasteiger partial charge in [0.25, 0.3) is 0 Å². The standard InChI is InChI=1S/C14H20BrNO2/c1-16-7-5-14(17,6-8-16)10-11-9-12(15)3-4-13(11)18-2/h3-4,9,17H,5-8,10H2,1-2H3. The first-order valence-corrected chi connectivity index (χ1v) is 7.05. The van der Waals surface area contributed by atoms with Crippen LogP contribution in [0, 0.1) is 0 Å². The maximum atomic E-state index is 10.7. The molecule has 1 fully saturated rings. The normalized spacial score (nSPS) is 19.8. The Labute approximate surface area is 117 Å². The molecule has 0 bridgehead atoms. The number of halogens is 1. The third-order valence-corrected chi connectivity index (χ3v) is 4.17.